The molecule has 1 heterocycles. The number of ether oxygens (including phenoxy) is 1. The molecule has 2 N–H and O–H groups in total. The van der Waals surface area contributed by atoms with Crippen LogP contribution in [0.25, 0.3) is 0 Å². The van der Waals surface area contributed by atoms with E-state index in [1.807, 2.05) is 0 Å². The van der Waals surface area contributed by atoms with E-state index < -0.39 is 17.7 Å². The van der Waals surface area contributed by atoms with Crippen LogP contribution >= 0.6 is 0 Å². The van der Waals surface area contributed by atoms with Crippen molar-refractivity contribution < 1.29 is 23.8 Å². The number of nitrogens with one attached hydrogen (secondary N) is 1. The highest BCUT2D eigenvalue weighted by Crippen LogP contribution is 2.26. The van der Waals surface area contributed by atoms with Crippen LogP contribution in [0.5, 0.6) is 5.75 Å². The molecule has 0 saturated carbocycles. The summed E-state index contributed by atoms with van der Waals surface area (Å²) in [6.45, 7) is 2.43. The van der Waals surface area contributed by atoms with Crippen LogP contribution in [0.2, 0.25) is 0 Å². The second-order valence-electron chi connectivity index (χ2n) is 5.07. The largest absolute Gasteiger partial charge is 0.494 e. The van der Waals surface area contributed by atoms with Gasteiger partial charge in [0, 0.05) is 30.8 Å². The molecule has 1 atom stereocenters. The molecule has 1 aliphatic heterocycles. The number of likely N-dealkylation sites (tertiary alicyclic amines) is 1. The number of carbonyl (C=O) groups is 2. The van der Waals surface area contributed by atoms with Gasteiger partial charge in [-0.25, -0.2) is 9.18 Å². The van der Waals surface area contributed by atoms with Gasteiger partial charge in [-0.1, -0.05) is 6.92 Å². The van der Waals surface area contributed by atoms with Crippen molar-refractivity contribution in [2.24, 2.45) is 11.8 Å². The van der Waals surface area contributed by atoms with Gasteiger partial charge in [-0.15, -0.1) is 0 Å². The summed E-state index contributed by atoms with van der Waals surface area (Å²) in [4.78, 5) is 24.3. The van der Waals surface area contributed by atoms with Crippen LogP contribution in [-0.2, 0) is 4.79 Å². The first-order chi connectivity index (χ1) is 9.92. The number of carbonyl (C=O) groups excluding carboxylic acids is 1. The normalized spacial score (nSPS) is 16.0. The monoisotopic (exact) mass is 296 g/mol. The Morgan fingerprint density at radius 1 is 1.48 bits per heavy atom. The van der Waals surface area contributed by atoms with Crippen LogP contribution in [-0.4, -0.2) is 42.2 Å². The minimum Gasteiger partial charge on any atom is -0.494 e. The van der Waals surface area contributed by atoms with Crippen LogP contribution in [0, 0.1) is 17.7 Å². The molecule has 6 nitrogen and oxygen atoms in total. The van der Waals surface area contributed by atoms with Gasteiger partial charge in [0.15, 0.2) is 11.6 Å². The number of aliphatic carboxylic acids is 1. The molecule has 7 heteroatoms. The lowest BCUT2D eigenvalue weighted by Crippen LogP contribution is -2.54. The van der Waals surface area contributed by atoms with Crippen molar-refractivity contribution in [1.29, 1.82) is 0 Å². The molecule has 0 aromatic heterocycles. The van der Waals surface area contributed by atoms with Gasteiger partial charge in [0.1, 0.15) is 0 Å². The van der Waals surface area contributed by atoms with Gasteiger partial charge < -0.3 is 20.1 Å². The van der Waals surface area contributed by atoms with E-state index in [2.05, 4.69) is 5.32 Å². The topological polar surface area (TPSA) is 78.9 Å². The van der Waals surface area contributed by atoms with Crippen molar-refractivity contribution in [3.8, 4) is 5.75 Å². The van der Waals surface area contributed by atoms with E-state index in [4.69, 9.17) is 9.84 Å². The summed E-state index contributed by atoms with van der Waals surface area (Å²) in [5.74, 6) is -1.82. The summed E-state index contributed by atoms with van der Waals surface area (Å²) in [6, 6.07) is 3.70. The first kappa shape index (κ1) is 15.1. The second kappa shape index (κ2) is 5.99. The van der Waals surface area contributed by atoms with Crippen molar-refractivity contribution in [1.82, 2.24) is 4.90 Å². The molecule has 1 saturated heterocycles. The van der Waals surface area contributed by atoms with Gasteiger partial charge in [0.25, 0.3) is 0 Å². The van der Waals surface area contributed by atoms with E-state index in [9.17, 15) is 14.0 Å². The summed E-state index contributed by atoms with van der Waals surface area (Å²) in [7, 11) is 1.34. The molecule has 1 aliphatic rings. The molecule has 2 rings (SSSR count). The van der Waals surface area contributed by atoms with Crippen LogP contribution in [0.1, 0.15) is 6.92 Å². The standard InChI is InChI=1S/C14H17FN2O4/c1-8(13(18)19)9-6-17(7-9)14(20)16-10-3-4-11(15)12(5-10)21-2/h3-5,8-9H,6-7H2,1-2H3,(H,16,20)(H,18,19). The molecule has 2 amide bonds. The number of amides is 2. The van der Waals surface area contributed by atoms with Gasteiger partial charge in [-0.2, -0.15) is 0 Å². The summed E-state index contributed by atoms with van der Waals surface area (Å²) < 4.78 is 18.1. The Balaban J connectivity index is 1.90. The Bertz CT molecular complexity index is 558. The van der Waals surface area contributed by atoms with Crippen molar-refractivity contribution in [3.63, 3.8) is 0 Å². The Kier molecular flexibility index (Phi) is 4.30. The zero-order chi connectivity index (χ0) is 15.6. The number of urea groups is 1. The molecule has 0 radical (unpaired) electrons. The Labute approximate surface area is 121 Å². The fourth-order valence-electron chi connectivity index (χ4n) is 2.14. The highest BCUT2D eigenvalue weighted by Gasteiger charge is 2.37. The predicted molar refractivity (Wildman–Crippen MR) is 73.8 cm³/mol. The highest BCUT2D eigenvalue weighted by atomic mass is 19.1. The zero-order valence-corrected chi connectivity index (χ0v) is 11.8. The summed E-state index contributed by atoms with van der Waals surface area (Å²) in [5, 5.41) is 11.5. The first-order valence-electron chi connectivity index (χ1n) is 6.54. The molecule has 1 aromatic rings. The third-order valence-corrected chi connectivity index (χ3v) is 3.70. The molecule has 0 spiro atoms. The van der Waals surface area contributed by atoms with Gasteiger partial charge >= 0.3 is 12.0 Å². The van der Waals surface area contributed by atoms with E-state index in [1.54, 1.807) is 6.92 Å². The maximum atomic E-state index is 13.3. The van der Waals surface area contributed by atoms with Gasteiger partial charge in [-0.05, 0) is 12.1 Å². The summed E-state index contributed by atoms with van der Waals surface area (Å²) >= 11 is 0. The minimum absolute atomic E-state index is 0.0315. The number of nitrogens with zero attached hydrogens (tertiary/aromatic N) is 1. The van der Waals surface area contributed by atoms with E-state index in [1.165, 1.54) is 30.2 Å². The number of benzene rings is 1. The van der Waals surface area contributed by atoms with Crippen LogP contribution < -0.4 is 10.1 Å². The third-order valence-electron chi connectivity index (χ3n) is 3.70. The molecule has 114 valence electrons. The lowest BCUT2D eigenvalue weighted by molar-refractivity contribution is -0.144. The van der Waals surface area contributed by atoms with E-state index in [0.29, 0.717) is 18.8 Å². The van der Waals surface area contributed by atoms with Gasteiger partial charge in [0.05, 0.1) is 13.0 Å². The number of hydrogen-bond acceptors (Lipinski definition) is 3. The van der Waals surface area contributed by atoms with Crippen molar-refractivity contribution in [2.75, 3.05) is 25.5 Å². The maximum absolute atomic E-state index is 13.3. The van der Waals surface area contributed by atoms with Crippen molar-refractivity contribution in [3.05, 3.63) is 24.0 Å². The summed E-state index contributed by atoms with van der Waals surface area (Å²) in [5.41, 5.74) is 0.424. The van der Waals surface area contributed by atoms with E-state index in [-0.39, 0.29) is 17.7 Å². The number of hydrogen-bond donors (Lipinski definition) is 2. The van der Waals surface area contributed by atoms with E-state index in [0.717, 1.165) is 0 Å². The number of rotatable bonds is 4. The molecule has 21 heavy (non-hydrogen) atoms. The van der Waals surface area contributed by atoms with Gasteiger partial charge in [0.2, 0.25) is 0 Å². The maximum Gasteiger partial charge on any atom is 0.321 e. The minimum atomic E-state index is -0.858. The Hall–Kier alpha value is -2.31. The molecule has 0 aliphatic carbocycles. The molecule has 1 unspecified atom stereocenters. The van der Waals surface area contributed by atoms with Crippen molar-refractivity contribution >= 4 is 17.7 Å². The number of halogens is 1. The smallest absolute Gasteiger partial charge is 0.321 e. The average molecular weight is 296 g/mol. The molecule has 0 bridgehead atoms. The Morgan fingerprint density at radius 3 is 2.71 bits per heavy atom. The highest BCUT2D eigenvalue weighted by molar-refractivity contribution is 5.90. The average Bonchev–Trinajstić information content (AvgIpc) is 2.39. The molecule has 1 aromatic carbocycles. The lowest BCUT2D eigenvalue weighted by atomic mass is 9.87. The third kappa shape index (κ3) is 3.24. The summed E-state index contributed by atoms with van der Waals surface area (Å²) in [6.07, 6.45) is 0. The van der Waals surface area contributed by atoms with Crippen LogP contribution in [0.15, 0.2) is 18.2 Å². The van der Waals surface area contributed by atoms with Gasteiger partial charge in [-0.3, -0.25) is 4.79 Å². The first-order valence-corrected chi connectivity index (χ1v) is 6.54. The quantitative estimate of drug-likeness (QED) is 0.891. The fraction of sp³-hybridized carbons (Fsp3) is 0.429. The number of carboxylic acids is 1. The SMILES string of the molecule is COc1cc(NC(=O)N2CC(C(C)C(=O)O)C2)ccc1F. The Morgan fingerprint density at radius 2 is 2.14 bits per heavy atom. The molecular weight excluding hydrogens is 279 g/mol. The predicted octanol–water partition coefficient (Wildman–Crippen LogP) is 2.02. The zero-order valence-electron chi connectivity index (χ0n) is 11.8. The van der Waals surface area contributed by atoms with Crippen LogP contribution in [0.3, 0.4) is 0 Å². The molecule has 1 fully saturated rings. The number of anilines is 1. The molecular formula is C14H17FN2O4. The lowest BCUT2D eigenvalue weighted by Gasteiger charge is -2.41. The van der Waals surface area contributed by atoms with E-state index >= 15 is 0 Å². The van der Waals surface area contributed by atoms with Crippen LogP contribution in [0.4, 0.5) is 14.9 Å². The second-order valence-corrected chi connectivity index (χ2v) is 5.07. The number of methoxy groups -OCH3 is 1. The van der Waals surface area contributed by atoms with Crippen molar-refractivity contribution in [2.45, 2.75) is 6.92 Å². The fourth-order valence-corrected chi connectivity index (χ4v) is 2.14. The number of carboxylic acid groups (broad SMARTS) is 1.